The van der Waals surface area contributed by atoms with E-state index in [0.717, 1.165) is 19.3 Å². The van der Waals surface area contributed by atoms with E-state index in [9.17, 15) is 4.79 Å². The maximum atomic E-state index is 12.1. The number of fused-ring (bicyclic) bond motifs is 1. The van der Waals surface area contributed by atoms with Gasteiger partial charge in [-0.2, -0.15) is 0 Å². The lowest BCUT2D eigenvalue weighted by Gasteiger charge is -2.07. The number of hydrogen-bond donors (Lipinski definition) is 1. The Morgan fingerprint density at radius 2 is 2.09 bits per heavy atom. The van der Waals surface area contributed by atoms with Crippen LogP contribution < -0.4 is 5.32 Å². The average molecular weight is 369 g/mol. The highest BCUT2D eigenvalue weighted by atomic mass is 35.5. The number of halogens is 2. The van der Waals surface area contributed by atoms with Gasteiger partial charge in [0.05, 0.1) is 26.3 Å². The lowest BCUT2D eigenvalue weighted by molar-refractivity contribution is 0.0953. The molecule has 3 nitrogen and oxygen atoms in total. The molecule has 0 aliphatic heterocycles. The monoisotopic (exact) mass is 368 g/mol. The molecule has 6 heteroatoms. The first kappa shape index (κ1) is 16.7. The van der Waals surface area contributed by atoms with Crippen molar-refractivity contribution in [2.75, 3.05) is 6.54 Å². The van der Waals surface area contributed by atoms with E-state index in [4.69, 9.17) is 28.2 Å². The highest BCUT2D eigenvalue weighted by Gasteiger charge is 2.15. The number of aryl methyl sites for hydroxylation is 3. The molecule has 1 aromatic heterocycles. The Labute approximate surface area is 150 Å². The molecule has 0 saturated carbocycles. The fraction of sp³-hybridized carbons (Fsp3) is 0.412. The molecule has 1 N–H and O–H groups in total. The second-order valence-corrected chi connectivity index (χ2v) is 7.60. The SMILES string of the molecule is O=C(NCCCc1nc2c(s1)CCCC2)c1cccc(Cl)c1Cl. The number of aromatic nitrogens is 1. The van der Waals surface area contributed by atoms with Gasteiger partial charge < -0.3 is 5.32 Å². The Bertz CT molecular complexity index is 691. The molecular formula is C17H18Cl2N2OS. The van der Waals surface area contributed by atoms with Crippen LogP contribution in [0.1, 0.15) is 45.2 Å². The number of carbonyl (C=O) groups is 1. The second-order valence-electron chi connectivity index (χ2n) is 5.65. The van der Waals surface area contributed by atoms with Crippen molar-refractivity contribution in [3.05, 3.63) is 49.4 Å². The van der Waals surface area contributed by atoms with E-state index >= 15 is 0 Å². The van der Waals surface area contributed by atoms with Crippen LogP contribution in [0.15, 0.2) is 18.2 Å². The van der Waals surface area contributed by atoms with Gasteiger partial charge in [0.1, 0.15) is 0 Å². The summed E-state index contributed by atoms with van der Waals surface area (Å²) >= 11 is 13.8. The minimum Gasteiger partial charge on any atom is -0.352 e. The van der Waals surface area contributed by atoms with Crippen molar-refractivity contribution in [3.63, 3.8) is 0 Å². The number of benzene rings is 1. The minimum atomic E-state index is -0.184. The van der Waals surface area contributed by atoms with Crippen LogP contribution >= 0.6 is 34.5 Å². The third-order valence-corrected chi connectivity index (χ3v) is 5.98. The fourth-order valence-electron chi connectivity index (χ4n) is 2.73. The van der Waals surface area contributed by atoms with Gasteiger partial charge in [0, 0.05) is 17.8 Å². The molecule has 0 spiro atoms. The molecule has 0 radical (unpaired) electrons. The van der Waals surface area contributed by atoms with Gasteiger partial charge in [-0.3, -0.25) is 4.79 Å². The van der Waals surface area contributed by atoms with Gasteiger partial charge in [-0.1, -0.05) is 29.3 Å². The van der Waals surface area contributed by atoms with E-state index in [0.29, 0.717) is 22.2 Å². The lowest BCUT2D eigenvalue weighted by Crippen LogP contribution is -2.25. The molecule has 23 heavy (non-hydrogen) atoms. The highest BCUT2D eigenvalue weighted by molar-refractivity contribution is 7.11. The molecule has 0 saturated heterocycles. The van der Waals surface area contributed by atoms with Gasteiger partial charge in [0.15, 0.2) is 0 Å². The van der Waals surface area contributed by atoms with E-state index in [1.54, 1.807) is 18.2 Å². The first-order valence-corrected chi connectivity index (χ1v) is 9.42. The van der Waals surface area contributed by atoms with Crippen molar-refractivity contribution in [1.82, 2.24) is 10.3 Å². The molecule has 1 aliphatic carbocycles. The Hall–Kier alpha value is -1.10. The fourth-order valence-corrected chi connectivity index (χ4v) is 4.31. The predicted octanol–water partition coefficient (Wildman–Crippen LogP) is 4.69. The van der Waals surface area contributed by atoms with Crippen molar-refractivity contribution in [2.45, 2.75) is 38.5 Å². The van der Waals surface area contributed by atoms with E-state index in [1.165, 1.54) is 34.8 Å². The highest BCUT2D eigenvalue weighted by Crippen LogP contribution is 2.27. The van der Waals surface area contributed by atoms with Crippen LogP contribution in [0.2, 0.25) is 10.0 Å². The van der Waals surface area contributed by atoms with Crippen LogP contribution in [0.5, 0.6) is 0 Å². The molecule has 1 aromatic carbocycles. The van der Waals surface area contributed by atoms with Gasteiger partial charge in [-0.25, -0.2) is 4.98 Å². The van der Waals surface area contributed by atoms with Crippen LogP contribution in [0.3, 0.4) is 0 Å². The standard InChI is InChI=1S/C17H18Cl2N2OS/c18-12-6-3-5-11(16(12)19)17(22)20-10-4-9-15-21-13-7-1-2-8-14(13)23-15/h3,5-6H,1-2,4,7-10H2,(H,20,22). The first-order chi connectivity index (χ1) is 11.1. The summed E-state index contributed by atoms with van der Waals surface area (Å²) in [6.07, 6.45) is 6.61. The van der Waals surface area contributed by atoms with E-state index in [1.807, 2.05) is 11.3 Å². The van der Waals surface area contributed by atoms with Crippen LogP contribution in [0.4, 0.5) is 0 Å². The number of amides is 1. The topological polar surface area (TPSA) is 42.0 Å². The van der Waals surface area contributed by atoms with Crippen LogP contribution in [0, 0.1) is 0 Å². The third kappa shape index (κ3) is 4.06. The summed E-state index contributed by atoms with van der Waals surface area (Å²) in [4.78, 5) is 18.3. The largest absolute Gasteiger partial charge is 0.352 e. The van der Waals surface area contributed by atoms with Crippen molar-refractivity contribution < 1.29 is 4.79 Å². The maximum absolute atomic E-state index is 12.1. The Morgan fingerprint density at radius 3 is 2.91 bits per heavy atom. The molecular weight excluding hydrogens is 351 g/mol. The maximum Gasteiger partial charge on any atom is 0.252 e. The summed E-state index contributed by atoms with van der Waals surface area (Å²) in [6, 6.07) is 5.08. The molecule has 0 bridgehead atoms. The average Bonchev–Trinajstić information content (AvgIpc) is 2.96. The van der Waals surface area contributed by atoms with Crippen molar-refractivity contribution in [1.29, 1.82) is 0 Å². The Kier molecular flexibility index (Phi) is 5.57. The number of carbonyl (C=O) groups excluding carboxylic acids is 1. The predicted molar refractivity (Wildman–Crippen MR) is 95.9 cm³/mol. The van der Waals surface area contributed by atoms with Crippen LogP contribution in [-0.2, 0) is 19.3 Å². The smallest absolute Gasteiger partial charge is 0.252 e. The molecule has 0 fully saturated rings. The lowest BCUT2D eigenvalue weighted by atomic mass is 10.0. The summed E-state index contributed by atoms with van der Waals surface area (Å²) in [5.74, 6) is -0.184. The van der Waals surface area contributed by atoms with Gasteiger partial charge in [-0.15, -0.1) is 11.3 Å². The molecule has 3 rings (SSSR count). The van der Waals surface area contributed by atoms with Crippen molar-refractivity contribution in [2.24, 2.45) is 0 Å². The number of rotatable bonds is 5. The zero-order valence-electron chi connectivity index (χ0n) is 12.7. The Morgan fingerprint density at radius 1 is 1.26 bits per heavy atom. The van der Waals surface area contributed by atoms with E-state index in [-0.39, 0.29) is 5.91 Å². The molecule has 1 amide bonds. The van der Waals surface area contributed by atoms with Crippen molar-refractivity contribution >= 4 is 40.4 Å². The van der Waals surface area contributed by atoms with Gasteiger partial charge in [-0.05, 0) is 44.2 Å². The number of nitrogens with one attached hydrogen (secondary N) is 1. The van der Waals surface area contributed by atoms with Gasteiger partial charge in [0.2, 0.25) is 0 Å². The zero-order valence-corrected chi connectivity index (χ0v) is 15.0. The molecule has 0 unspecified atom stereocenters. The summed E-state index contributed by atoms with van der Waals surface area (Å²) in [6.45, 7) is 0.603. The summed E-state index contributed by atoms with van der Waals surface area (Å²) < 4.78 is 0. The third-order valence-electron chi connectivity index (χ3n) is 3.94. The first-order valence-electron chi connectivity index (χ1n) is 7.85. The van der Waals surface area contributed by atoms with Gasteiger partial charge >= 0.3 is 0 Å². The normalized spacial score (nSPS) is 13.7. The number of thiazole rings is 1. The molecule has 122 valence electrons. The molecule has 0 atom stereocenters. The minimum absolute atomic E-state index is 0.184. The molecule has 2 aromatic rings. The molecule has 1 aliphatic rings. The quantitative estimate of drug-likeness (QED) is 0.777. The van der Waals surface area contributed by atoms with Crippen molar-refractivity contribution in [3.8, 4) is 0 Å². The molecule has 1 heterocycles. The Balaban J connectivity index is 1.49. The second kappa shape index (κ2) is 7.65. The summed E-state index contributed by atoms with van der Waals surface area (Å²) in [5, 5.41) is 4.78. The van der Waals surface area contributed by atoms with Crippen LogP contribution in [0.25, 0.3) is 0 Å². The van der Waals surface area contributed by atoms with E-state index < -0.39 is 0 Å². The van der Waals surface area contributed by atoms with Crippen LogP contribution in [-0.4, -0.2) is 17.4 Å². The van der Waals surface area contributed by atoms with Gasteiger partial charge in [0.25, 0.3) is 5.91 Å². The number of hydrogen-bond acceptors (Lipinski definition) is 3. The zero-order chi connectivity index (χ0) is 16.2. The summed E-state index contributed by atoms with van der Waals surface area (Å²) in [7, 11) is 0. The number of nitrogens with zero attached hydrogens (tertiary/aromatic N) is 1. The summed E-state index contributed by atoms with van der Waals surface area (Å²) in [5.41, 5.74) is 1.72. The van der Waals surface area contributed by atoms with E-state index in [2.05, 4.69) is 5.32 Å².